The van der Waals surface area contributed by atoms with Gasteiger partial charge in [0.1, 0.15) is 4.70 Å². The van der Waals surface area contributed by atoms with Gasteiger partial charge in [-0.05, 0) is 19.0 Å². The summed E-state index contributed by atoms with van der Waals surface area (Å²) in [5.41, 5.74) is -2.83. The molecule has 3 rings (SSSR count). The Balaban J connectivity index is 0.00000300. The normalized spacial score (nSPS) is 15.4. The van der Waals surface area contributed by atoms with E-state index in [0.717, 1.165) is 43.8 Å². The third kappa shape index (κ3) is 5.14. The molecular formula is C17H20ClF3N4O3S. The van der Waals surface area contributed by atoms with Crippen LogP contribution in [0, 0.1) is 10.1 Å². The average Bonchev–Trinajstić information content (AvgIpc) is 2.65. The van der Waals surface area contributed by atoms with Crippen molar-refractivity contribution in [3.8, 4) is 0 Å². The first-order valence-corrected chi connectivity index (χ1v) is 9.70. The summed E-state index contributed by atoms with van der Waals surface area (Å²) in [6.07, 6.45) is -2.60. The first-order valence-electron chi connectivity index (χ1n) is 8.88. The molecule has 1 aliphatic heterocycles. The van der Waals surface area contributed by atoms with E-state index in [9.17, 15) is 28.1 Å². The minimum atomic E-state index is -4.79. The third-order valence-corrected chi connectivity index (χ3v) is 5.85. The van der Waals surface area contributed by atoms with Gasteiger partial charge >= 0.3 is 6.18 Å². The molecule has 2 aromatic rings. The topological polar surface area (TPSA) is 79.6 Å². The van der Waals surface area contributed by atoms with Crippen molar-refractivity contribution in [2.45, 2.75) is 25.9 Å². The van der Waals surface area contributed by atoms with E-state index in [1.54, 1.807) is 0 Å². The fourth-order valence-corrected chi connectivity index (χ4v) is 4.24. The highest BCUT2D eigenvalue weighted by Gasteiger charge is 2.34. The van der Waals surface area contributed by atoms with Gasteiger partial charge in [0.15, 0.2) is 5.13 Å². The second-order valence-corrected chi connectivity index (χ2v) is 7.59. The van der Waals surface area contributed by atoms with Gasteiger partial charge in [-0.15, -0.1) is 12.4 Å². The number of aromatic nitrogens is 1. The van der Waals surface area contributed by atoms with Crippen molar-refractivity contribution in [1.29, 1.82) is 0 Å². The second kappa shape index (κ2) is 9.23. The molecule has 0 radical (unpaired) electrons. The number of benzene rings is 1. The van der Waals surface area contributed by atoms with E-state index in [4.69, 9.17) is 0 Å². The molecule has 29 heavy (non-hydrogen) atoms. The fraction of sp³-hybridized carbons (Fsp3) is 0.529. The maximum absolute atomic E-state index is 13.0. The SMILES string of the molecule is CCCCN1CCN(c2nc(=O)c3cc(C(F)(F)F)cc([N+](=O)[O-])c3s2)CC1.Cl. The molecule has 0 bridgehead atoms. The predicted octanol–water partition coefficient (Wildman–Crippen LogP) is 3.93. The molecule has 160 valence electrons. The minimum Gasteiger partial charge on any atom is -0.345 e. The predicted molar refractivity (Wildman–Crippen MR) is 108 cm³/mol. The van der Waals surface area contributed by atoms with Gasteiger partial charge in [0.05, 0.1) is 15.9 Å². The Labute approximate surface area is 174 Å². The quantitative estimate of drug-likeness (QED) is 0.505. The summed E-state index contributed by atoms with van der Waals surface area (Å²) in [7, 11) is 0. The number of halogens is 4. The van der Waals surface area contributed by atoms with Crippen molar-refractivity contribution in [2.75, 3.05) is 37.6 Å². The monoisotopic (exact) mass is 452 g/mol. The molecule has 1 aromatic carbocycles. The van der Waals surface area contributed by atoms with Gasteiger partial charge in [-0.25, -0.2) is 0 Å². The van der Waals surface area contributed by atoms with Gasteiger partial charge in [-0.2, -0.15) is 18.2 Å². The van der Waals surface area contributed by atoms with Gasteiger partial charge in [-0.1, -0.05) is 24.7 Å². The lowest BCUT2D eigenvalue weighted by atomic mass is 10.1. The highest BCUT2D eigenvalue weighted by molar-refractivity contribution is 7.22. The molecule has 0 amide bonds. The summed E-state index contributed by atoms with van der Waals surface area (Å²) < 4.78 is 39.0. The Hall–Kier alpha value is -1.98. The van der Waals surface area contributed by atoms with Crippen LogP contribution in [0.4, 0.5) is 24.0 Å². The first-order chi connectivity index (χ1) is 13.2. The van der Waals surface area contributed by atoms with Crippen LogP contribution in [-0.4, -0.2) is 47.5 Å². The number of unbranched alkanes of at least 4 members (excludes halogenated alkanes) is 1. The highest BCUT2D eigenvalue weighted by atomic mass is 35.5. The van der Waals surface area contributed by atoms with Gasteiger partial charge in [0.2, 0.25) is 0 Å². The average molecular weight is 453 g/mol. The summed E-state index contributed by atoms with van der Waals surface area (Å²) in [6, 6.07) is 1.12. The Morgan fingerprint density at radius 3 is 2.45 bits per heavy atom. The van der Waals surface area contributed by atoms with Crippen LogP contribution in [0.1, 0.15) is 25.3 Å². The number of piperazine rings is 1. The van der Waals surface area contributed by atoms with Crippen molar-refractivity contribution >= 4 is 44.6 Å². The Bertz CT molecular complexity index is 946. The molecule has 1 saturated heterocycles. The van der Waals surface area contributed by atoms with Crippen LogP contribution in [0.15, 0.2) is 16.9 Å². The molecule has 1 aliphatic rings. The van der Waals surface area contributed by atoms with Gasteiger partial charge < -0.3 is 4.90 Å². The van der Waals surface area contributed by atoms with Crippen LogP contribution in [-0.2, 0) is 6.18 Å². The largest absolute Gasteiger partial charge is 0.416 e. The Morgan fingerprint density at radius 2 is 1.90 bits per heavy atom. The number of anilines is 1. The molecule has 2 heterocycles. The number of rotatable bonds is 5. The smallest absolute Gasteiger partial charge is 0.345 e. The van der Waals surface area contributed by atoms with E-state index in [0.29, 0.717) is 30.4 Å². The van der Waals surface area contributed by atoms with Crippen molar-refractivity contribution in [2.24, 2.45) is 0 Å². The summed E-state index contributed by atoms with van der Waals surface area (Å²) in [5.74, 6) is 0. The van der Waals surface area contributed by atoms with Crippen LogP contribution in [0.2, 0.25) is 0 Å². The van der Waals surface area contributed by atoms with Crippen molar-refractivity contribution in [3.63, 3.8) is 0 Å². The van der Waals surface area contributed by atoms with Crippen LogP contribution < -0.4 is 10.5 Å². The molecule has 1 aromatic heterocycles. The maximum Gasteiger partial charge on any atom is 0.416 e. The number of nitro benzene ring substituents is 1. The van der Waals surface area contributed by atoms with Gasteiger partial charge in [-0.3, -0.25) is 19.8 Å². The van der Waals surface area contributed by atoms with Crippen molar-refractivity contribution < 1.29 is 18.1 Å². The lowest BCUT2D eigenvalue weighted by molar-refractivity contribution is -0.383. The van der Waals surface area contributed by atoms with E-state index in [2.05, 4.69) is 16.8 Å². The molecule has 0 saturated carbocycles. The molecule has 7 nitrogen and oxygen atoms in total. The van der Waals surface area contributed by atoms with E-state index in [1.807, 2.05) is 4.90 Å². The van der Waals surface area contributed by atoms with Gasteiger partial charge in [0.25, 0.3) is 11.2 Å². The number of nitro groups is 1. The zero-order valence-corrected chi connectivity index (χ0v) is 17.2. The maximum atomic E-state index is 13.0. The van der Waals surface area contributed by atoms with Crippen LogP contribution >= 0.6 is 23.7 Å². The number of fused-ring (bicyclic) bond motifs is 1. The molecule has 0 aliphatic carbocycles. The molecular weight excluding hydrogens is 433 g/mol. The lowest BCUT2D eigenvalue weighted by Gasteiger charge is -2.34. The van der Waals surface area contributed by atoms with E-state index in [1.165, 1.54) is 0 Å². The summed E-state index contributed by atoms with van der Waals surface area (Å²) in [4.78, 5) is 30.9. The number of alkyl halides is 3. The van der Waals surface area contributed by atoms with Crippen LogP contribution in [0.5, 0.6) is 0 Å². The standard InChI is InChI=1S/C17H19F3N4O3S.ClH/c1-2-3-4-22-5-7-23(8-6-22)16-21-15(25)12-9-11(17(18,19)20)10-13(24(26)27)14(12)28-16;/h9-10H,2-8H2,1H3;1H. The summed E-state index contributed by atoms with van der Waals surface area (Å²) >= 11 is 0.888. The first kappa shape index (κ1) is 23.3. The van der Waals surface area contributed by atoms with E-state index >= 15 is 0 Å². The highest BCUT2D eigenvalue weighted by Crippen LogP contribution is 2.38. The number of hydrogen-bond donors (Lipinski definition) is 0. The summed E-state index contributed by atoms with van der Waals surface area (Å²) in [5, 5.41) is 11.3. The molecule has 0 N–H and O–H groups in total. The molecule has 0 atom stereocenters. The third-order valence-electron chi connectivity index (χ3n) is 4.69. The number of non-ortho nitro benzene ring substituents is 1. The zero-order chi connectivity index (χ0) is 20.5. The molecule has 12 heteroatoms. The van der Waals surface area contributed by atoms with E-state index < -0.39 is 27.9 Å². The van der Waals surface area contributed by atoms with Crippen LogP contribution in [0.3, 0.4) is 0 Å². The van der Waals surface area contributed by atoms with Crippen molar-refractivity contribution in [1.82, 2.24) is 9.88 Å². The van der Waals surface area contributed by atoms with Crippen LogP contribution in [0.25, 0.3) is 10.1 Å². The minimum absolute atomic E-state index is 0. The van der Waals surface area contributed by atoms with E-state index in [-0.39, 0.29) is 22.5 Å². The Kier molecular flexibility index (Phi) is 7.41. The van der Waals surface area contributed by atoms with Crippen molar-refractivity contribution in [3.05, 3.63) is 38.2 Å². The molecule has 0 unspecified atom stereocenters. The Morgan fingerprint density at radius 1 is 1.24 bits per heavy atom. The fourth-order valence-electron chi connectivity index (χ4n) is 3.12. The molecule has 0 spiro atoms. The van der Waals surface area contributed by atoms with Gasteiger partial charge in [0, 0.05) is 32.2 Å². The number of nitrogens with zero attached hydrogens (tertiary/aromatic N) is 4. The molecule has 1 fully saturated rings. The number of hydrogen-bond acceptors (Lipinski definition) is 7. The zero-order valence-electron chi connectivity index (χ0n) is 15.6. The second-order valence-electron chi connectivity index (χ2n) is 6.61. The summed E-state index contributed by atoms with van der Waals surface area (Å²) in [6.45, 7) is 5.85. The lowest BCUT2D eigenvalue weighted by Crippen LogP contribution is -2.47.